The number of esters is 1. The van der Waals surface area contributed by atoms with Gasteiger partial charge in [0.25, 0.3) is 15.9 Å². The van der Waals surface area contributed by atoms with Gasteiger partial charge in [-0.2, -0.15) is 0 Å². The number of nitrogens with zero attached hydrogens (tertiary/aromatic N) is 1. The zero-order chi connectivity index (χ0) is 24.6. The minimum Gasteiger partial charge on any atom is -0.464 e. The number of pyridine rings is 1. The summed E-state index contributed by atoms with van der Waals surface area (Å²) in [5.41, 5.74) is 1.74. The van der Waals surface area contributed by atoms with Crippen LogP contribution in [0.3, 0.4) is 0 Å². The molecule has 0 spiro atoms. The Hall–Kier alpha value is -4.05. The van der Waals surface area contributed by atoms with Crippen molar-refractivity contribution in [2.45, 2.75) is 24.3 Å². The summed E-state index contributed by atoms with van der Waals surface area (Å²) < 4.78 is 31.6. The Balaban J connectivity index is 1.53. The van der Waals surface area contributed by atoms with Crippen molar-refractivity contribution in [3.63, 3.8) is 0 Å². The lowest BCUT2D eigenvalue weighted by Crippen LogP contribution is -2.30. The van der Waals surface area contributed by atoms with Gasteiger partial charge in [0, 0.05) is 19.2 Å². The number of carbonyl (C=O) groups excluding carboxylic acids is 3. The van der Waals surface area contributed by atoms with E-state index in [4.69, 9.17) is 0 Å². The maximum Gasteiger partial charge on any atom is 0.356 e. The average Bonchev–Trinajstić information content (AvgIpc) is 2.86. The van der Waals surface area contributed by atoms with Crippen molar-refractivity contribution in [3.8, 4) is 0 Å². The summed E-state index contributed by atoms with van der Waals surface area (Å²) in [5.74, 6) is -1.68. The van der Waals surface area contributed by atoms with Crippen LogP contribution in [0.4, 0.5) is 0 Å². The number of aromatic nitrogens is 1. The first kappa shape index (κ1) is 24.6. The van der Waals surface area contributed by atoms with Crippen molar-refractivity contribution in [1.29, 1.82) is 0 Å². The number of aryl methyl sites for hydroxylation is 1. The van der Waals surface area contributed by atoms with E-state index in [-0.39, 0.29) is 28.6 Å². The molecule has 0 aliphatic rings. The Labute approximate surface area is 197 Å². The molecule has 0 saturated heterocycles. The van der Waals surface area contributed by atoms with Crippen LogP contribution < -0.4 is 10.0 Å². The molecular formula is C24H23N3O6S. The number of sulfonamides is 1. The Bertz CT molecular complexity index is 1260. The second-order valence-corrected chi connectivity index (χ2v) is 8.95. The van der Waals surface area contributed by atoms with Gasteiger partial charge >= 0.3 is 5.97 Å². The molecule has 9 nitrogen and oxygen atoms in total. The molecule has 10 heteroatoms. The number of rotatable bonds is 9. The molecule has 0 radical (unpaired) electrons. The van der Waals surface area contributed by atoms with Gasteiger partial charge in [-0.25, -0.2) is 22.9 Å². The first-order valence-corrected chi connectivity index (χ1v) is 11.8. The molecule has 0 unspecified atom stereocenters. The number of amides is 2. The molecule has 0 aliphatic heterocycles. The molecule has 0 atom stereocenters. The molecule has 3 rings (SSSR count). The topological polar surface area (TPSA) is 132 Å². The molecule has 0 saturated carbocycles. The first-order valence-electron chi connectivity index (χ1n) is 10.3. The van der Waals surface area contributed by atoms with Crippen molar-refractivity contribution in [2.24, 2.45) is 0 Å². The van der Waals surface area contributed by atoms with E-state index in [0.717, 1.165) is 11.8 Å². The van der Waals surface area contributed by atoms with Crippen LogP contribution in [0.1, 0.15) is 38.4 Å². The predicted octanol–water partition coefficient (Wildman–Crippen LogP) is 2.24. The van der Waals surface area contributed by atoms with Gasteiger partial charge in [0.2, 0.25) is 5.91 Å². The van der Waals surface area contributed by atoms with Crippen molar-refractivity contribution < 1.29 is 27.5 Å². The molecular weight excluding hydrogens is 458 g/mol. The van der Waals surface area contributed by atoms with Crippen LogP contribution in [0.5, 0.6) is 0 Å². The molecule has 0 bridgehead atoms. The van der Waals surface area contributed by atoms with E-state index in [2.05, 4.69) is 15.0 Å². The summed E-state index contributed by atoms with van der Waals surface area (Å²) in [6.45, 7) is 0.249. The van der Waals surface area contributed by atoms with Crippen LogP contribution in [0.2, 0.25) is 0 Å². The SMILES string of the molecule is COC(=O)c1ccc(C(=O)NS(=O)(=O)c2ccc(CNC(=O)CCc3ccccc3)cc2)cn1. The van der Waals surface area contributed by atoms with Gasteiger partial charge in [0.05, 0.1) is 17.6 Å². The molecule has 0 aliphatic carbocycles. The van der Waals surface area contributed by atoms with Crippen LogP contribution in [0.15, 0.2) is 77.8 Å². The average molecular weight is 482 g/mol. The Morgan fingerprint density at radius 1 is 0.912 bits per heavy atom. The van der Waals surface area contributed by atoms with E-state index >= 15 is 0 Å². The van der Waals surface area contributed by atoms with Crippen LogP contribution in [-0.4, -0.2) is 38.3 Å². The molecule has 1 aromatic heterocycles. The highest BCUT2D eigenvalue weighted by Crippen LogP contribution is 2.12. The fourth-order valence-corrected chi connectivity index (χ4v) is 3.95. The van der Waals surface area contributed by atoms with E-state index < -0.39 is 21.9 Å². The third-order valence-electron chi connectivity index (χ3n) is 4.85. The third kappa shape index (κ3) is 6.72. The van der Waals surface area contributed by atoms with E-state index in [1.54, 1.807) is 12.1 Å². The minimum atomic E-state index is -4.13. The van der Waals surface area contributed by atoms with Crippen molar-refractivity contribution in [1.82, 2.24) is 15.0 Å². The smallest absolute Gasteiger partial charge is 0.356 e. The zero-order valence-corrected chi connectivity index (χ0v) is 19.2. The maximum absolute atomic E-state index is 12.5. The highest BCUT2D eigenvalue weighted by Gasteiger charge is 2.19. The van der Waals surface area contributed by atoms with E-state index in [9.17, 15) is 22.8 Å². The van der Waals surface area contributed by atoms with E-state index in [1.165, 1.54) is 31.4 Å². The Morgan fingerprint density at radius 3 is 2.24 bits per heavy atom. The second-order valence-electron chi connectivity index (χ2n) is 7.26. The third-order valence-corrected chi connectivity index (χ3v) is 6.20. The highest BCUT2D eigenvalue weighted by molar-refractivity contribution is 7.90. The number of ether oxygens (including phenoxy) is 1. The number of nitrogens with one attached hydrogen (secondary N) is 2. The van der Waals surface area contributed by atoms with Crippen LogP contribution >= 0.6 is 0 Å². The normalized spacial score (nSPS) is 10.9. The molecule has 3 aromatic rings. The van der Waals surface area contributed by atoms with Gasteiger partial charge in [-0.1, -0.05) is 42.5 Å². The van der Waals surface area contributed by atoms with Crippen molar-refractivity contribution in [2.75, 3.05) is 7.11 Å². The van der Waals surface area contributed by atoms with E-state index in [0.29, 0.717) is 18.4 Å². The fourth-order valence-electron chi connectivity index (χ4n) is 2.97. The molecule has 2 N–H and O–H groups in total. The largest absolute Gasteiger partial charge is 0.464 e. The van der Waals surface area contributed by atoms with Crippen molar-refractivity contribution in [3.05, 3.63) is 95.3 Å². The Kier molecular flexibility index (Phi) is 8.10. The fraction of sp³-hybridized carbons (Fsp3) is 0.167. The van der Waals surface area contributed by atoms with Gasteiger partial charge < -0.3 is 10.1 Å². The lowest BCUT2D eigenvalue weighted by Gasteiger charge is -2.09. The number of hydrogen-bond donors (Lipinski definition) is 2. The standard InChI is InChI=1S/C24H23N3O6S/c1-33-24(30)21-13-10-19(16-25-21)23(29)27-34(31,32)20-11-7-18(8-12-20)15-26-22(28)14-9-17-5-3-2-4-6-17/h2-8,10-13,16H,9,14-15H2,1H3,(H,26,28)(H,27,29). The molecule has 1 heterocycles. The predicted molar refractivity (Wildman–Crippen MR) is 123 cm³/mol. The minimum absolute atomic E-state index is 0.00958. The maximum atomic E-state index is 12.5. The zero-order valence-electron chi connectivity index (χ0n) is 18.4. The summed E-state index contributed by atoms with van der Waals surface area (Å²) in [6, 6.07) is 18.0. The molecule has 34 heavy (non-hydrogen) atoms. The summed E-state index contributed by atoms with van der Waals surface area (Å²) in [4.78, 5) is 39.4. The lowest BCUT2D eigenvalue weighted by molar-refractivity contribution is -0.121. The van der Waals surface area contributed by atoms with Crippen LogP contribution in [0.25, 0.3) is 0 Å². The number of hydrogen-bond acceptors (Lipinski definition) is 7. The Morgan fingerprint density at radius 2 is 1.62 bits per heavy atom. The molecule has 2 aromatic carbocycles. The van der Waals surface area contributed by atoms with Crippen LogP contribution in [-0.2, 0) is 32.5 Å². The summed E-state index contributed by atoms with van der Waals surface area (Å²) >= 11 is 0. The lowest BCUT2D eigenvalue weighted by atomic mass is 10.1. The summed E-state index contributed by atoms with van der Waals surface area (Å²) in [7, 11) is -2.94. The second kappa shape index (κ2) is 11.2. The first-order chi connectivity index (χ1) is 16.3. The summed E-state index contributed by atoms with van der Waals surface area (Å²) in [6.07, 6.45) is 2.06. The molecule has 2 amide bonds. The van der Waals surface area contributed by atoms with E-state index in [1.807, 2.05) is 35.1 Å². The van der Waals surface area contributed by atoms with Crippen LogP contribution in [0, 0.1) is 0 Å². The highest BCUT2D eigenvalue weighted by atomic mass is 32.2. The quantitative estimate of drug-likeness (QED) is 0.448. The van der Waals surface area contributed by atoms with Gasteiger partial charge in [-0.3, -0.25) is 9.59 Å². The van der Waals surface area contributed by atoms with Gasteiger partial charge in [0.15, 0.2) is 0 Å². The van der Waals surface area contributed by atoms with Gasteiger partial charge in [0.1, 0.15) is 5.69 Å². The van der Waals surface area contributed by atoms with Crippen molar-refractivity contribution >= 4 is 27.8 Å². The van der Waals surface area contributed by atoms with Gasteiger partial charge in [-0.05, 0) is 41.8 Å². The molecule has 0 fully saturated rings. The summed E-state index contributed by atoms with van der Waals surface area (Å²) in [5, 5.41) is 2.80. The molecule has 176 valence electrons. The van der Waals surface area contributed by atoms with Gasteiger partial charge in [-0.15, -0.1) is 0 Å². The number of benzene rings is 2. The number of carbonyl (C=O) groups is 3. The monoisotopic (exact) mass is 481 g/mol. The number of methoxy groups -OCH3 is 1.